The normalized spacial score (nSPS) is 7.30. The molecule has 1 aromatic carbocycles. The Bertz CT molecular complexity index is 151. The van der Waals surface area contributed by atoms with E-state index in [2.05, 4.69) is 0 Å². The van der Waals surface area contributed by atoms with Crippen molar-refractivity contribution in [3.05, 3.63) is 43.3 Å². The van der Waals surface area contributed by atoms with Gasteiger partial charge in [0.15, 0.2) is 0 Å². The van der Waals surface area contributed by atoms with Gasteiger partial charge in [-0.2, -0.15) is 0 Å². The van der Waals surface area contributed by atoms with Crippen LogP contribution in [-0.4, -0.2) is 0 Å². The van der Waals surface area contributed by atoms with E-state index in [9.17, 15) is 0 Å². The molecule has 0 saturated heterocycles. The van der Waals surface area contributed by atoms with E-state index in [0.29, 0.717) is 6.54 Å². The number of nitrogens with two attached hydrogens (primary N) is 1. The van der Waals surface area contributed by atoms with Gasteiger partial charge < -0.3 is 13.2 Å². The summed E-state index contributed by atoms with van der Waals surface area (Å²) in [7, 11) is 0. The van der Waals surface area contributed by atoms with E-state index in [4.69, 9.17) is 5.73 Å². The Kier molecular flexibility index (Phi) is 8.58. The molecule has 10 heavy (non-hydrogen) atoms. The summed E-state index contributed by atoms with van der Waals surface area (Å²) in [6.45, 7) is 0.640. The van der Waals surface area contributed by atoms with Crippen LogP contribution in [0, 0.1) is 7.43 Å². The molecule has 0 aromatic heterocycles. The second kappa shape index (κ2) is 6.89. The number of hydrogen-bond acceptors (Lipinski definition) is 1. The van der Waals surface area contributed by atoms with Gasteiger partial charge in [0, 0.05) is 6.54 Å². The topological polar surface area (TPSA) is 26.0 Å². The average molecular weight is 129 g/mol. The molecule has 1 aromatic rings. The Hall–Kier alpha value is -0.223. The third-order valence-corrected chi connectivity index (χ3v) is 1.08. The van der Waals surface area contributed by atoms with Crippen LogP contribution < -0.4 is 24.6 Å². The van der Waals surface area contributed by atoms with Crippen molar-refractivity contribution in [1.29, 1.82) is 0 Å². The van der Waals surface area contributed by atoms with Gasteiger partial charge in [0.2, 0.25) is 0 Å². The van der Waals surface area contributed by atoms with E-state index >= 15 is 0 Å². The number of rotatable bonds is 1. The van der Waals surface area contributed by atoms with Crippen molar-refractivity contribution >= 4 is 0 Å². The molecular formula is C8H12LiN. The zero-order valence-corrected chi connectivity index (χ0v) is 6.67. The fourth-order valence-corrected chi connectivity index (χ4v) is 0.614. The SMILES string of the molecule is NCc1ccccc1.[CH3-].[Li+]. The summed E-state index contributed by atoms with van der Waals surface area (Å²) in [6.07, 6.45) is 0. The number of benzene rings is 1. The van der Waals surface area contributed by atoms with Crippen LogP contribution in [0.15, 0.2) is 30.3 Å². The van der Waals surface area contributed by atoms with Crippen LogP contribution in [0.4, 0.5) is 0 Å². The van der Waals surface area contributed by atoms with Gasteiger partial charge in [-0.05, 0) is 5.56 Å². The molecule has 2 heteroatoms. The molecule has 0 bridgehead atoms. The van der Waals surface area contributed by atoms with Crippen LogP contribution in [0.25, 0.3) is 0 Å². The molecule has 0 heterocycles. The first-order valence-corrected chi connectivity index (χ1v) is 2.67. The maximum atomic E-state index is 5.35. The van der Waals surface area contributed by atoms with Crippen LogP contribution in [0.2, 0.25) is 0 Å². The van der Waals surface area contributed by atoms with Gasteiger partial charge in [-0.1, -0.05) is 30.3 Å². The molecule has 0 unspecified atom stereocenters. The molecule has 0 aliphatic rings. The largest absolute Gasteiger partial charge is 1.00 e. The van der Waals surface area contributed by atoms with E-state index in [1.54, 1.807) is 0 Å². The molecule has 1 nitrogen and oxygen atoms in total. The third kappa shape index (κ3) is 3.74. The Morgan fingerprint density at radius 3 is 1.90 bits per heavy atom. The van der Waals surface area contributed by atoms with Crippen LogP contribution in [0.3, 0.4) is 0 Å². The summed E-state index contributed by atoms with van der Waals surface area (Å²) in [5, 5.41) is 0. The van der Waals surface area contributed by atoms with Crippen molar-refractivity contribution in [2.24, 2.45) is 5.73 Å². The van der Waals surface area contributed by atoms with Crippen molar-refractivity contribution in [3.63, 3.8) is 0 Å². The third-order valence-electron chi connectivity index (χ3n) is 1.08. The number of hydrogen-bond donors (Lipinski definition) is 1. The van der Waals surface area contributed by atoms with Gasteiger partial charge in [-0.3, -0.25) is 0 Å². The van der Waals surface area contributed by atoms with Gasteiger partial charge in [0.1, 0.15) is 0 Å². The molecular weight excluding hydrogens is 117 g/mol. The molecule has 0 aliphatic heterocycles. The first kappa shape index (κ1) is 12.5. The minimum absolute atomic E-state index is 0. The zero-order chi connectivity index (χ0) is 5.82. The van der Waals surface area contributed by atoms with Crippen molar-refractivity contribution in [2.75, 3.05) is 0 Å². The summed E-state index contributed by atoms with van der Waals surface area (Å²) in [4.78, 5) is 0. The van der Waals surface area contributed by atoms with Crippen molar-refractivity contribution in [1.82, 2.24) is 0 Å². The first-order chi connectivity index (χ1) is 3.93. The predicted octanol–water partition coefficient (Wildman–Crippen LogP) is -1.40. The molecule has 0 amide bonds. The monoisotopic (exact) mass is 129 g/mol. The molecule has 0 spiro atoms. The van der Waals surface area contributed by atoms with Gasteiger partial charge in [-0.25, -0.2) is 0 Å². The zero-order valence-electron chi connectivity index (χ0n) is 6.67. The molecule has 2 N–H and O–H groups in total. The Morgan fingerprint density at radius 2 is 1.60 bits per heavy atom. The molecule has 0 atom stereocenters. The molecule has 0 fully saturated rings. The van der Waals surface area contributed by atoms with E-state index in [1.165, 1.54) is 5.56 Å². The standard InChI is InChI=1S/C7H9N.CH3.Li/c8-6-7-4-2-1-3-5-7;;/h1-5H,6,8H2;1H3;/q;-1;+1. The van der Waals surface area contributed by atoms with Crippen molar-refractivity contribution in [3.8, 4) is 0 Å². The fraction of sp³-hybridized carbons (Fsp3) is 0.125. The van der Waals surface area contributed by atoms with Crippen LogP contribution in [0.5, 0.6) is 0 Å². The van der Waals surface area contributed by atoms with E-state index in [0.717, 1.165) is 0 Å². The molecule has 0 aliphatic carbocycles. The second-order valence-electron chi connectivity index (χ2n) is 1.69. The van der Waals surface area contributed by atoms with E-state index in [1.807, 2.05) is 30.3 Å². The van der Waals surface area contributed by atoms with Gasteiger partial charge in [0.05, 0.1) is 0 Å². The quantitative estimate of drug-likeness (QED) is 0.366. The molecule has 50 valence electrons. The molecule has 1 rings (SSSR count). The smallest absolute Gasteiger partial charge is 0.358 e. The summed E-state index contributed by atoms with van der Waals surface area (Å²) in [5.74, 6) is 0. The van der Waals surface area contributed by atoms with Gasteiger partial charge in [0.25, 0.3) is 0 Å². The first-order valence-electron chi connectivity index (χ1n) is 2.67. The minimum atomic E-state index is 0. The van der Waals surface area contributed by atoms with Crippen LogP contribution >= 0.6 is 0 Å². The van der Waals surface area contributed by atoms with Crippen molar-refractivity contribution in [2.45, 2.75) is 6.54 Å². The summed E-state index contributed by atoms with van der Waals surface area (Å²) < 4.78 is 0. The minimum Gasteiger partial charge on any atom is -0.358 e. The van der Waals surface area contributed by atoms with E-state index < -0.39 is 0 Å². The molecule has 0 saturated carbocycles. The Morgan fingerprint density at radius 1 is 1.10 bits per heavy atom. The average Bonchev–Trinajstić information content (AvgIpc) is 1.90. The van der Waals surface area contributed by atoms with E-state index in [-0.39, 0.29) is 26.3 Å². The Balaban J connectivity index is 0. The summed E-state index contributed by atoms with van der Waals surface area (Å²) in [6, 6.07) is 9.99. The summed E-state index contributed by atoms with van der Waals surface area (Å²) in [5.41, 5.74) is 6.54. The van der Waals surface area contributed by atoms with Crippen molar-refractivity contribution < 1.29 is 18.9 Å². The maximum Gasteiger partial charge on any atom is 1.00 e. The van der Waals surface area contributed by atoms with Gasteiger partial charge >= 0.3 is 18.9 Å². The summed E-state index contributed by atoms with van der Waals surface area (Å²) >= 11 is 0. The maximum absolute atomic E-state index is 5.35. The molecule has 0 radical (unpaired) electrons. The second-order valence-corrected chi connectivity index (χ2v) is 1.69. The van der Waals surface area contributed by atoms with Crippen LogP contribution in [0.1, 0.15) is 5.56 Å². The predicted molar refractivity (Wildman–Crippen MR) is 40.7 cm³/mol. The fourth-order valence-electron chi connectivity index (χ4n) is 0.614. The van der Waals surface area contributed by atoms with Gasteiger partial charge in [-0.15, -0.1) is 0 Å². The van der Waals surface area contributed by atoms with Crippen LogP contribution in [-0.2, 0) is 6.54 Å². The Labute approximate surface area is 74.8 Å².